The topological polar surface area (TPSA) is 80.1 Å². The fourth-order valence-electron chi connectivity index (χ4n) is 4.25. The van der Waals surface area contributed by atoms with Crippen molar-refractivity contribution in [1.82, 2.24) is 0 Å². The zero-order valence-corrected chi connectivity index (χ0v) is 19.2. The van der Waals surface area contributed by atoms with Crippen LogP contribution in [-0.4, -0.2) is 41.3 Å². The quantitative estimate of drug-likeness (QED) is 0.354. The highest BCUT2D eigenvalue weighted by Crippen LogP contribution is 2.41. The summed E-state index contributed by atoms with van der Waals surface area (Å²) in [6.45, 7) is 0.494. The molecule has 0 saturated carbocycles. The van der Waals surface area contributed by atoms with Crippen LogP contribution in [0.1, 0.15) is 17.4 Å². The van der Waals surface area contributed by atoms with Gasteiger partial charge in [-0.3, -0.25) is 10.1 Å². The third-order valence-corrected chi connectivity index (χ3v) is 7.07. The van der Waals surface area contributed by atoms with E-state index in [1.54, 1.807) is 0 Å². The molecule has 2 aliphatic rings. The van der Waals surface area contributed by atoms with Crippen molar-refractivity contribution in [2.75, 3.05) is 6.61 Å². The van der Waals surface area contributed by atoms with Crippen LogP contribution in [0, 0.1) is 10.1 Å². The molecule has 7 nitrogen and oxygen atoms in total. The number of fused-ring (bicyclic) bond motifs is 1. The van der Waals surface area contributed by atoms with Gasteiger partial charge in [-0.2, -0.15) is 0 Å². The molecule has 0 aliphatic carbocycles. The predicted octanol–water partition coefficient (Wildman–Crippen LogP) is 4.85. The molecule has 2 fully saturated rings. The van der Waals surface area contributed by atoms with E-state index in [0.717, 1.165) is 16.0 Å². The largest absolute Gasteiger partial charge is 0.363 e. The SMILES string of the molecule is O=[N+]([O-])[C@@H]1[C@@H](OCc2ccccc2)[C@@H]2OC(c3ccccc3)OC[C@H]2O[C@@H]1Sc1ccccc1. The van der Waals surface area contributed by atoms with Gasteiger partial charge in [-0.25, -0.2) is 0 Å². The van der Waals surface area contributed by atoms with Crippen LogP contribution in [0.4, 0.5) is 0 Å². The summed E-state index contributed by atoms with van der Waals surface area (Å²) in [5.41, 5.74) is 1.03. The van der Waals surface area contributed by atoms with Crippen molar-refractivity contribution < 1.29 is 23.9 Å². The Morgan fingerprint density at radius 1 is 0.912 bits per heavy atom. The van der Waals surface area contributed by atoms with Crippen molar-refractivity contribution in [1.29, 1.82) is 0 Å². The van der Waals surface area contributed by atoms with E-state index in [1.165, 1.54) is 11.8 Å². The van der Waals surface area contributed by atoms with Crippen molar-refractivity contribution in [2.24, 2.45) is 0 Å². The van der Waals surface area contributed by atoms with Gasteiger partial charge in [-0.1, -0.05) is 90.6 Å². The molecule has 0 amide bonds. The second-order valence-corrected chi connectivity index (χ2v) is 9.36. The summed E-state index contributed by atoms with van der Waals surface area (Å²) in [5, 5.41) is 12.3. The Kier molecular flexibility index (Phi) is 7.22. The third-order valence-electron chi connectivity index (χ3n) is 5.90. The van der Waals surface area contributed by atoms with E-state index in [2.05, 4.69) is 0 Å². The number of benzene rings is 3. The summed E-state index contributed by atoms with van der Waals surface area (Å²) in [5.74, 6) is 0. The van der Waals surface area contributed by atoms with Crippen molar-refractivity contribution in [3.63, 3.8) is 0 Å². The molecular formula is C26H25NO6S. The summed E-state index contributed by atoms with van der Waals surface area (Å²) in [4.78, 5) is 12.9. The van der Waals surface area contributed by atoms with Crippen LogP contribution in [0.5, 0.6) is 0 Å². The minimum atomic E-state index is -1.12. The molecule has 8 heteroatoms. The van der Waals surface area contributed by atoms with Gasteiger partial charge in [-0.05, 0) is 17.7 Å². The Morgan fingerprint density at radius 3 is 2.24 bits per heavy atom. The van der Waals surface area contributed by atoms with E-state index in [9.17, 15) is 10.1 Å². The molecule has 0 radical (unpaired) electrons. The minimum absolute atomic E-state index is 0.238. The molecular weight excluding hydrogens is 454 g/mol. The highest BCUT2D eigenvalue weighted by atomic mass is 32.2. The van der Waals surface area contributed by atoms with Gasteiger partial charge in [0.25, 0.3) is 6.04 Å². The van der Waals surface area contributed by atoms with E-state index in [4.69, 9.17) is 18.9 Å². The molecule has 0 aromatic heterocycles. The molecule has 34 heavy (non-hydrogen) atoms. The summed E-state index contributed by atoms with van der Waals surface area (Å²) in [6, 6.07) is 27.6. The van der Waals surface area contributed by atoms with E-state index < -0.39 is 36.1 Å². The van der Waals surface area contributed by atoms with Gasteiger partial charge in [0, 0.05) is 15.4 Å². The number of hydrogen-bond donors (Lipinski definition) is 0. The average molecular weight is 480 g/mol. The first-order valence-electron chi connectivity index (χ1n) is 11.2. The maximum absolute atomic E-state index is 12.3. The van der Waals surface area contributed by atoms with Crippen LogP contribution in [0.2, 0.25) is 0 Å². The fourth-order valence-corrected chi connectivity index (χ4v) is 5.42. The summed E-state index contributed by atoms with van der Waals surface area (Å²) in [7, 11) is 0. The number of nitrogens with zero attached hydrogens (tertiary/aromatic N) is 1. The minimum Gasteiger partial charge on any atom is -0.363 e. The standard InChI is InChI=1S/C26H25NO6S/c28-27(29)22-24(30-16-18-10-4-1-5-11-18)23-21(32-26(22)34-20-14-8-3-9-15-20)17-31-25(33-23)19-12-6-2-7-13-19/h1-15,21-26H,16-17H2/t21-,22-,23-,24-,25?,26-/m1/s1. The molecule has 0 N–H and O–H groups in total. The van der Waals surface area contributed by atoms with Crippen molar-refractivity contribution >= 4 is 11.8 Å². The monoisotopic (exact) mass is 479 g/mol. The maximum Gasteiger partial charge on any atom is 0.276 e. The van der Waals surface area contributed by atoms with E-state index >= 15 is 0 Å². The van der Waals surface area contributed by atoms with Gasteiger partial charge in [0.15, 0.2) is 17.8 Å². The van der Waals surface area contributed by atoms with E-state index in [0.29, 0.717) is 0 Å². The Labute approximate surface area is 202 Å². The fraction of sp³-hybridized carbons (Fsp3) is 0.308. The highest BCUT2D eigenvalue weighted by Gasteiger charge is 2.56. The number of ether oxygens (including phenoxy) is 4. The van der Waals surface area contributed by atoms with E-state index in [1.807, 2.05) is 91.0 Å². The highest BCUT2D eigenvalue weighted by molar-refractivity contribution is 7.99. The molecule has 0 spiro atoms. The lowest BCUT2D eigenvalue weighted by molar-refractivity contribution is -0.558. The number of rotatable bonds is 7. The molecule has 3 aromatic carbocycles. The Balaban J connectivity index is 1.43. The number of nitro groups is 1. The summed E-state index contributed by atoms with van der Waals surface area (Å²) >= 11 is 1.32. The molecule has 1 unspecified atom stereocenters. The van der Waals surface area contributed by atoms with Crippen LogP contribution in [0.25, 0.3) is 0 Å². The van der Waals surface area contributed by atoms with Crippen LogP contribution in [0.15, 0.2) is 95.9 Å². The molecule has 2 heterocycles. The normalized spacial score (nSPS) is 28.7. The molecule has 0 bridgehead atoms. The van der Waals surface area contributed by atoms with Crippen molar-refractivity contribution in [2.45, 2.75) is 47.6 Å². The first-order valence-corrected chi connectivity index (χ1v) is 12.1. The number of thioether (sulfide) groups is 1. The molecule has 5 rings (SSSR count). The molecule has 176 valence electrons. The molecule has 2 aliphatic heterocycles. The smallest absolute Gasteiger partial charge is 0.276 e. The second-order valence-electron chi connectivity index (χ2n) is 8.19. The summed E-state index contributed by atoms with van der Waals surface area (Å²) in [6.07, 6.45) is -2.59. The van der Waals surface area contributed by atoms with Crippen molar-refractivity contribution in [3.8, 4) is 0 Å². The molecule has 3 aromatic rings. The van der Waals surface area contributed by atoms with Crippen LogP contribution >= 0.6 is 11.8 Å². The lowest BCUT2D eigenvalue weighted by atomic mass is 9.96. The first kappa shape index (κ1) is 23.0. The van der Waals surface area contributed by atoms with Gasteiger partial charge in [0.05, 0.1) is 13.2 Å². The summed E-state index contributed by atoms with van der Waals surface area (Å²) < 4.78 is 24.7. The third kappa shape index (κ3) is 5.16. The van der Waals surface area contributed by atoms with Crippen LogP contribution in [0.3, 0.4) is 0 Å². The van der Waals surface area contributed by atoms with E-state index in [-0.39, 0.29) is 18.1 Å². The lowest BCUT2D eigenvalue weighted by Gasteiger charge is -2.46. The van der Waals surface area contributed by atoms with Gasteiger partial charge in [0.2, 0.25) is 0 Å². The Bertz CT molecular complexity index is 1070. The molecule has 2 saturated heterocycles. The predicted molar refractivity (Wildman–Crippen MR) is 127 cm³/mol. The Hall–Kier alpha value is -2.75. The van der Waals surface area contributed by atoms with Gasteiger partial charge < -0.3 is 18.9 Å². The second kappa shape index (κ2) is 10.7. The Morgan fingerprint density at radius 2 is 1.56 bits per heavy atom. The molecule has 6 atom stereocenters. The van der Waals surface area contributed by atoms with Gasteiger partial charge in [-0.15, -0.1) is 0 Å². The first-order chi connectivity index (χ1) is 16.7. The van der Waals surface area contributed by atoms with Crippen LogP contribution < -0.4 is 0 Å². The number of hydrogen-bond acceptors (Lipinski definition) is 7. The van der Waals surface area contributed by atoms with Crippen molar-refractivity contribution in [3.05, 3.63) is 112 Å². The van der Waals surface area contributed by atoms with Crippen LogP contribution in [-0.2, 0) is 25.6 Å². The average Bonchev–Trinajstić information content (AvgIpc) is 2.88. The van der Waals surface area contributed by atoms with Gasteiger partial charge >= 0.3 is 0 Å². The zero-order valence-electron chi connectivity index (χ0n) is 18.3. The lowest BCUT2D eigenvalue weighted by Crippen LogP contribution is -2.63. The van der Waals surface area contributed by atoms with Gasteiger partial charge in [0.1, 0.15) is 12.2 Å². The zero-order chi connectivity index (χ0) is 23.3. The maximum atomic E-state index is 12.3.